The number of aromatic nitrogens is 3. The van der Waals surface area contributed by atoms with E-state index < -0.39 is 5.97 Å². The number of aryl methyl sites for hydroxylation is 2. The van der Waals surface area contributed by atoms with Crippen LogP contribution in [0.1, 0.15) is 133 Å². The number of hydrogen-bond donors (Lipinski definition) is 1. The molecule has 196 valence electrons. The van der Waals surface area contributed by atoms with Gasteiger partial charge in [0.1, 0.15) is 0 Å². The summed E-state index contributed by atoms with van der Waals surface area (Å²) in [7, 11) is 0. The Bertz CT molecular complexity index is 802. The van der Waals surface area contributed by atoms with Gasteiger partial charge in [-0.25, -0.2) is 4.68 Å². The molecule has 0 unspecified atom stereocenters. The summed E-state index contributed by atoms with van der Waals surface area (Å²) in [5, 5.41) is 17.3. The highest BCUT2D eigenvalue weighted by molar-refractivity contribution is 5.66. The van der Waals surface area contributed by atoms with E-state index >= 15 is 0 Å². The standard InChI is InChI=1S/C30H49N3O2/c1-27-22-20-21-24-29(27)33-26-28(31-32-33)23-18-16-14-12-10-8-6-4-2-3-5-7-9-11-13-15-17-19-25-30(34)35/h20-22,24,26H,2-19,23,25H2,1H3,(H,34,35). The number of hydrogen-bond acceptors (Lipinski definition) is 3. The molecule has 2 rings (SSSR count). The Hall–Kier alpha value is -2.17. The van der Waals surface area contributed by atoms with Gasteiger partial charge in [-0.15, -0.1) is 5.10 Å². The van der Waals surface area contributed by atoms with Crippen molar-refractivity contribution in [2.75, 3.05) is 0 Å². The summed E-state index contributed by atoms with van der Waals surface area (Å²) in [6.45, 7) is 2.11. The summed E-state index contributed by atoms with van der Waals surface area (Å²) in [6.07, 6.45) is 26.8. The molecule has 0 aliphatic rings. The molecule has 2 aromatic rings. The van der Waals surface area contributed by atoms with E-state index in [0.717, 1.165) is 30.6 Å². The minimum absolute atomic E-state index is 0.335. The Kier molecular flexibility index (Phi) is 15.8. The molecule has 0 radical (unpaired) electrons. The summed E-state index contributed by atoms with van der Waals surface area (Å²) in [5.41, 5.74) is 3.43. The van der Waals surface area contributed by atoms with Crippen molar-refractivity contribution in [2.24, 2.45) is 0 Å². The van der Waals surface area contributed by atoms with Crippen LogP contribution >= 0.6 is 0 Å². The van der Waals surface area contributed by atoms with Gasteiger partial charge < -0.3 is 5.11 Å². The number of rotatable bonds is 22. The van der Waals surface area contributed by atoms with E-state index in [4.69, 9.17) is 5.11 Å². The number of unbranched alkanes of at least 4 members (excludes halogenated alkanes) is 17. The molecule has 0 saturated heterocycles. The third-order valence-electron chi connectivity index (χ3n) is 6.98. The zero-order valence-electron chi connectivity index (χ0n) is 22.2. The van der Waals surface area contributed by atoms with E-state index in [1.54, 1.807) is 0 Å². The first-order chi connectivity index (χ1) is 17.2. The SMILES string of the molecule is Cc1ccccc1-n1cc(CCCCCCCCCCCCCCCCCCCCC(=O)O)nn1. The van der Waals surface area contributed by atoms with Gasteiger partial charge in [-0.05, 0) is 37.8 Å². The van der Waals surface area contributed by atoms with Crippen molar-refractivity contribution in [3.63, 3.8) is 0 Å². The zero-order valence-corrected chi connectivity index (χ0v) is 22.2. The predicted molar refractivity (Wildman–Crippen MR) is 145 cm³/mol. The molecule has 0 aliphatic heterocycles. The Balaban J connectivity index is 1.30. The normalized spacial score (nSPS) is 11.2. The van der Waals surface area contributed by atoms with Crippen LogP contribution < -0.4 is 0 Å². The van der Waals surface area contributed by atoms with E-state index in [9.17, 15) is 4.79 Å². The Morgan fingerprint density at radius 3 is 1.66 bits per heavy atom. The van der Waals surface area contributed by atoms with Gasteiger partial charge in [-0.3, -0.25) is 4.79 Å². The number of carboxylic acids is 1. The molecule has 0 amide bonds. The molecule has 1 heterocycles. The second kappa shape index (κ2) is 19.1. The van der Waals surface area contributed by atoms with Gasteiger partial charge in [0.05, 0.1) is 17.6 Å². The Morgan fingerprint density at radius 2 is 1.17 bits per heavy atom. The minimum atomic E-state index is -0.659. The molecule has 5 nitrogen and oxygen atoms in total. The van der Waals surface area contributed by atoms with Crippen LogP contribution in [0.4, 0.5) is 0 Å². The van der Waals surface area contributed by atoms with Crippen molar-refractivity contribution in [1.29, 1.82) is 0 Å². The first-order valence-electron chi connectivity index (χ1n) is 14.4. The second-order valence-corrected chi connectivity index (χ2v) is 10.2. The first-order valence-corrected chi connectivity index (χ1v) is 14.4. The maximum absolute atomic E-state index is 10.5. The highest BCUT2D eigenvalue weighted by Gasteiger charge is 2.05. The number of para-hydroxylation sites is 1. The second-order valence-electron chi connectivity index (χ2n) is 10.2. The number of carbonyl (C=O) groups is 1. The molecule has 0 aliphatic carbocycles. The van der Waals surface area contributed by atoms with E-state index in [-0.39, 0.29) is 0 Å². The monoisotopic (exact) mass is 483 g/mol. The van der Waals surface area contributed by atoms with Gasteiger partial charge in [0.25, 0.3) is 0 Å². The molecule has 0 saturated carbocycles. The zero-order chi connectivity index (χ0) is 25.0. The van der Waals surface area contributed by atoms with Gasteiger partial charge >= 0.3 is 5.97 Å². The Morgan fingerprint density at radius 1 is 0.714 bits per heavy atom. The molecule has 35 heavy (non-hydrogen) atoms. The van der Waals surface area contributed by atoms with Crippen molar-refractivity contribution < 1.29 is 9.90 Å². The van der Waals surface area contributed by atoms with Crippen LogP contribution in [0.25, 0.3) is 5.69 Å². The maximum Gasteiger partial charge on any atom is 0.303 e. The average molecular weight is 484 g/mol. The first kappa shape index (κ1) is 29.1. The highest BCUT2D eigenvalue weighted by atomic mass is 16.4. The largest absolute Gasteiger partial charge is 0.481 e. The summed E-state index contributed by atoms with van der Waals surface area (Å²) < 4.78 is 1.90. The fraction of sp³-hybridized carbons (Fsp3) is 0.700. The van der Waals surface area contributed by atoms with Crippen LogP contribution in [0.3, 0.4) is 0 Å². The summed E-state index contributed by atoms with van der Waals surface area (Å²) in [5.74, 6) is -0.659. The molecule has 5 heteroatoms. The van der Waals surface area contributed by atoms with E-state index in [2.05, 4.69) is 41.6 Å². The average Bonchev–Trinajstić information content (AvgIpc) is 3.31. The summed E-state index contributed by atoms with van der Waals surface area (Å²) in [4.78, 5) is 10.5. The van der Waals surface area contributed by atoms with Crippen molar-refractivity contribution in [1.82, 2.24) is 15.0 Å². The third kappa shape index (κ3) is 14.1. The van der Waals surface area contributed by atoms with Gasteiger partial charge in [0.15, 0.2) is 0 Å². The van der Waals surface area contributed by atoms with Crippen LogP contribution in [0.5, 0.6) is 0 Å². The lowest BCUT2D eigenvalue weighted by Gasteiger charge is -2.04. The molecule has 0 bridgehead atoms. The lowest BCUT2D eigenvalue weighted by Crippen LogP contribution is -1.97. The molecule has 0 spiro atoms. The molecule has 1 N–H and O–H groups in total. The molecular formula is C30H49N3O2. The Labute approximate surface area is 213 Å². The van der Waals surface area contributed by atoms with E-state index in [0.29, 0.717) is 6.42 Å². The molecule has 0 atom stereocenters. The summed E-state index contributed by atoms with van der Waals surface area (Å²) in [6, 6.07) is 8.30. The van der Waals surface area contributed by atoms with Crippen LogP contribution in [0.15, 0.2) is 30.5 Å². The van der Waals surface area contributed by atoms with Crippen molar-refractivity contribution >= 4 is 5.97 Å². The minimum Gasteiger partial charge on any atom is -0.481 e. The lowest BCUT2D eigenvalue weighted by molar-refractivity contribution is -0.137. The molecule has 1 aromatic carbocycles. The third-order valence-corrected chi connectivity index (χ3v) is 6.98. The maximum atomic E-state index is 10.5. The quantitative estimate of drug-likeness (QED) is 0.170. The lowest BCUT2D eigenvalue weighted by atomic mass is 10.0. The van der Waals surface area contributed by atoms with Crippen LogP contribution in [0, 0.1) is 6.92 Å². The van der Waals surface area contributed by atoms with Crippen LogP contribution in [-0.4, -0.2) is 26.1 Å². The topological polar surface area (TPSA) is 68.0 Å². The smallest absolute Gasteiger partial charge is 0.303 e. The van der Waals surface area contributed by atoms with Crippen molar-refractivity contribution in [3.05, 3.63) is 41.7 Å². The predicted octanol–water partition coefficient (Wildman–Crippen LogP) is 8.61. The number of carboxylic acid groups (broad SMARTS) is 1. The number of nitrogens with zero attached hydrogens (tertiary/aromatic N) is 3. The molecule has 0 fully saturated rings. The molecular weight excluding hydrogens is 434 g/mol. The fourth-order valence-electron chi connectivity index (χ4n) is 4.76. The number of benzene rings is 1. The van der Waals surface area contributed by atoms with Crippen LogP contribution in [0.2, 0.25) is 0 Å². The van der Waals surface area contributed by atoms with Gasteiger partial charge in [0, 0.05) is 6.42 Å². The van der Waals surface area contributed by atoms with Gasteiger partial charge in [-0.1, -0.05) is 126 Å². The highest BCUT2D eigenvalue weighted by Crippen LogP contribution is 2.16. The fourth-order valence-corrected chi connectivity index (χ4v) is 4.76. The number of aliphatic carboxylic acids is 1. The van der Waals surface area contributed by atoms with E-state index in [1.807, 2.05) is 10.7 Å². The van der Waals surface area contributed by atoms with Crippen molar-refractivity contribution in [2.45, 2.75) is 135 Å². The van der Waals surface area contributed by atoms with Crippen molar-refractivity contribution in [3.8, 4) is 5.69 Å². The van der Waals surface area contributed by atoms with E-state index in [1.165, 1.54) is 108 Å². The van der Waals surface area contributed by atoms with Gasteiger partial charge in [0.2, 0.25) is 0 Å². The van der Waals surface area contributed by atoms with Crippen LogP contribution in [-0.2, 0) is 11.2 Å². The molecule has 1 aromatic heterocycles. The van der Waals surface area contributed by atoms with Gasteiger partial charge in [-0.2, -0.15) is 0 Å². The summed E-state index contributed by atoms with van der Waals surface area (Å²) >= 11 is 0.